The number of methoxy groups -OCH3 is 1. The number of hydrogen-bond donors (Lipinski definition) is 2. The smallest absolute Gasteiger partial charge is 0.475 e. The fraction of sp³-hybridized carbons (Fsp3) is 0.650. The van der Waals surface area contributed by atoms with Crippen molar-refractivity contribution in [1.82, 2.24) is 15.2 Å². The van der Waals surface area contributed by atoms with E-state index in [0.717, 1.165) is 38.2 Å². The molecule has 0 radical (unpaired) electrons. The van der Waals surface area contributed by atoms with Gasteiger partial charge in [0.25, 0.3) is 0 Å². The predicted molar refractivity (Wildman–Crippen MR) is 104 cm³/mol. The maximum atomic E-state index is 12.5. The molecule has 1 aromatic heterocycles. The highest BCUT2D eigenvalue weighted by molar-refractivity contribution is 5.79. The van der Waals surface area contributed by atoms with Crippen molar-refractivity contribution < 1.29 is 37.3 Å². The molecule has 0 unspecified atom stereocenters. The second-order valence-electron chi connectivity index (χ2n) is 7.40. The molecule has 2 aliphatic rings. The van der Waals surface area contributed by atoms with Gasteiger partial charge in [-0.2, -0.15) is 13.2 Å². The predicted octanol–water partition coefficient (Wildman–Crippen LogP) is 1.70. The lowest BCUT2D eigenvalue weighted by Crippen LogP contribution is -2.53. The molecule has 0 bridgehead atoms. The normalized spacial score (nSPS) is 23.8. The van der Waals surface area contributed by atoms with Gasteiger partial charge >= 0.3 is 12.1 Å². The Kier molecular flexibility index (Phi) is 9.66. The first-order chi connectivity index (χ1) is 14.7. The van der Waals surface area contributed by atoms with Crippen LogP contribution in [-0.4, -0.2) is 79.1 Å². The van der Waals surface area contributed by atoms with Gasteiger partial charge in [-0.15, -0.1) is 0 Å². The van der Waals surface area contributed by atoms with Crippen molar-refractivity contribution in [3.05, 3.63) is 30.1 Å². The minimum Gasteiger partial charge on any atom is -0.475 e. The maximum absolute atomic E-state index is 12.5. The topological polar surface area (TPSA) is 101 Å². The number of carbonyl (C=O) groups excluding carboxylic acids is 1. The van der Waals surface area contributed by atoms with Crippen LogP contribution in [0.15, 0.2) is 24.4 Å². The molecule has 3 atom stereocenters. The van der Waals surface area contributed by atoms with Gasteiger partial charge in [-0.25, -0.2) is 4.79 Å². The maximum Gasteiger partial charge on any atom is 0.490 e. The number of carboxylic acids is 1. The van der Waals surface area contributed by atoms with Crippen molar-refractivity contribution in [3.63, 3.8) is 0 Å². The fourth-order valence-corrected chi connectivity index (χ4v) is 3.78. The molecule has 11 heteroatoms. The molecule has 2 saturated heterocycles. The Morgan fingerprint density at radius 2 is 2.10 bits per heavy atom. The van der Waals surface area contributed by atoms with Gasteiger partial charge in [-0.3, -0.25) is 14.7 Å². The fourth-order valence-electron chi connectivity index (χ4n) is 3.78. The van der Waals surface area contributed by atoms with Crippen molar-refractivity contribution >= 4 is 11.9 Å². The number of halogens is 3. The van der Waals surface area contributed by atoms with Crippen LogP contribution in [0.1, 0.15) is 18.5 Å². The van der Waals surface area contributed by atoms with Crippen molar-refractivity contribution in [3.8, 4) is 0 Å². The molecule has 31 heavy (non-hydrogen) atoms. The van der Waals surface area contributed by atoms with Crippen LogP contribution in [0, 0.1) is 11.8 Å². The van der Waals surface area contributed by atoms with Crippen molar-refractivity contribution in [2.24, 2.45) is 11.8 Å². The Hall–Kier alpha value is -2.24. The molecular formula is C20H28F3N3O5. The Morgan fingerprint density at radius 3 is 2.71 bits per heavy atom. The minimum absolute atomic E-state index is 0.0344. The van der Waals surface area contributed by atoms with Gasteiger partial charge in [0.15, 0.2) is 0 Å². The van der Waals surface area contributed by atoms with Crippen LogP contribution in [0.4, 0.5) is 13.2 Å². The molecule has 0 aromatic carbocycles. The number of fused-ring (bicyclic) bond motifs is 1. The number of hydrogen-bond acceptors (Lipinski definition) is 6. The number of aromatic nitrogens is 1. The summed E-state index contributed by atoms with van der Waals surface area (Å²) in [6.07, 6.45) is -1.26. The number of likely N-dealkylation sites (tertiary alicyclic amines) is 1. The summed E-state index contributed by atoms with van der Waals surface area (Å²) in [6.45, 7) is 4.53. The third-order valence-corrected chi connectivity index (χ3v) is 5.25. The summed E-state index contributed by atoms with van der Waals surface area (Å²) >= 11 is 0. The van der Waals surface area contributed by atoms with Crippen LogP contribution in [0.3, 0.4) is 0 Å². The molecule has 0 saturated carbocycles. The van der Waals surface area contributed by atoms with E-state index in [1.54, 1.807) is 7.11 Å². The number of rotatable bonds is 6. The highest BCUT2D eigenvalue weighted by Crippen LogP contribution is 2.33. The second kappa shape index (κ2) is 12.0. The second-order valence-corrected chi connectivity index (χ2v) is 7.40. The van der Waals surface area contributed by atoms with Crippen molar-refractivity contribution in [2.45, 2.75) is 31.7 Å². The SMILES string of the molecule is COCCNC(=O)[C@@H]1CCO[C@@H]2CCN(Cc3ccccn3)C[C@@H]21.O=C(O)C(F)(F)F. The van der Waals surface area contributed by atoms with E-state index in [0.29, 0.717) is 19.8 Å². The molecule has 2 N–H and O–H groups in total. The molecule has 3 heterocycles. The van der Waals surface area contributed by atoms with E-state index in [1.807, 2.05) is 18.3 Å². The van der Waals surface area contributed by atoms with E-state index in [1.165, 1.54) is 0 Å². The van der Waals surface area contributed by atoms with Crippen LogP contribution in [0.5, 0.6) is 0 Å². The summed E-state index contributed by atoms with van der Waals surface area (Å²) in [5.41, 5.74) is 1.08. The summed E-state index contributed by atoms with van der Waals surface area (Å²) in [5, 5.41) is 10.1. The van der Waals surface area contributed by atoms with Crippen molar-refractivity contribution in [1.29, 1.82) is 0 Å². The Bertz CT molecular complexity index is 705. The van der Waals surface area contributed by atoms with Crippen LogP contribution >= 0.6 is 0 Å². The summed E-state index contributed by atoms with van der Waals surface area (Å²) in [7, 11) is 1.65. The number of carbonyl (C=O) groups is 2. The summed E-state index contributed by atoms with van der Waals surface area (Å²) in [5.74, 6) is -2.32. The van der Waals surface area contributed by atoms with Gasteiger partial charge < -0.3 is 19.9 Å². The first-order valence-corrected chi connectivity index (χ1v) is 10.0. The standard InChI is InChI=1S/C18H27N3O3.C2HF3O2/c1-23-11-8-20-18(22)15-6-10-24-17-5-9-21(13-16(15)17)12-14-4-2-3-7-19-14;3-2(4,5)1(6)7/h2-4,7,15-17H,5-6,8-13H2,1H3,(H,20,22);(H,6,7)/t15-,16-,17-;/m1./s1. The third kappa shape index (κ3) is 8.08. The van der Waals surface area contributed by atoms with Crippen LogP contribution in [-0.2, 0) is 25.6 Å². The summed E-state index contributed by atoms with van der Waals surface area (Å²) < 4.78 is 42.7. The Labute approximate surface area is 178 Å². The van der Waals surface area contributed by atoms with E-state index in [4.69, 9.17) is 19.4 Å². The van der Waals surface area contributed by atoms with Gasteiger partial charge in [0, 0.05) is 57.9 Å². The van der Waals surface area contributed by atoms with Gasteiger partial charge in [-0.1, -0.05) is 6.07 Å². The van der Waals surface area contributed by atoms with E-state index in [-0.39, 0.29) is 23.8 Å². The third-order valence-electron chi connectivity index (χ3n) is 5.25. The quantitative estimate of drug-likeness (QED) is 0.641. The summed E-state index contributed by atoms with van der Waals surface area (Å²) in [4.78, 5) is 28.2. The van der Waals surface area contributed by atoms with E-state index in [9.17, 15) is 18.0 Å². The molecule has 2 fully saturated rings. The van der Waals surface area contributed by atoms with Crippen LogP contribution in [0.2, 0.25) is 0 Å². The lowest BCUT2D eigenvalue weighted by molar-refractivity contribution is -0.192. The van der Waals surface area contributed by atoms with Crippen LogP contribution in [0.25, 0.3) is 0 Å². The molecule has 0 spiro atoms. The monoisotopic (exact) mass is 447 g/mol. The van der Waals surface area contributed by atoms with Gasteiger partial charge in [0.05, 0.1) is 18.4 Å². The number of amides is 1. The summed E-state index contributed by atoms with van der Waals surface area (Å²) in [6, 6.07) is 6.01. The van der Waals surface area contributed by atoms with Crippen molar-refractivity contribution in [2.75, 3.05) is 40.0 Å². The highest BCUT2D eigenvalue weighted by Gasteiger charge is 2.41. The number of alkyl halides is 3. The van der Waals surface area contributed by atoms with E-state index < -0.39 is 12.1 Å². The zero-order valence-corrected chi connectivity index (χ0v) is 17.3. The molecule has 1 aromatic rings. The zero-order chi connectivity index (χ0) is 22.9. The Balaban J connectivity index is 0.000000423. The molecule has 3 rings (SSSR count). The number of nitrogens with zero attached hydrogens (tertiary/aromatic N) is 2. The molecular weight excluding hydrogens is 419 g/mol. The average Bonchev–Trinajstić information content (AvgIpc) is 2.74. The largest absolute Gasteiger partial charge is 0.490 e. The average molecular weight is 447 g/mol. The van der Waals surface area contributed by atoms with E-state index >= 15 is 0 Å². The number of carboxylic acid groups (broad SMARTS) is 1. The first-order valence-electron chi connectivity index (χ1n) is 10.0. The van der Waals surface area contributed by atoms with Crippen LogP contribution < -0.4 is 5.32 Å². The molecule has 1 amide bonds. The van der Waals surface area contributed by atoms with Gasteiger partial charge in [-0.05, 0) is 25.0 Å². The number of pyridine rings is 1. The highest BCUT2D eigenvalue weighted by atomic mass is 19.4. The number of piperidine rings is 1. The van der Waals surface area contributed by atoms with E-state index in [2.05, 4.69) is 21.3 Å². The Morgan fingerprint density at radius 1 is 1.35 bits per heavy atom. The molecule has 2 aliphatic heterocycles. The lowest BCUT2D eigenvalue weighted by atomic mass is 9.79. The van der Waals surface area contributed by atoms with Gasteiger partial charge in [0.1, 0.15) is 0 Å². The number of nitrogens with one attached hydrogen (secondary N) is 1. The number of aliphatic carboxylic acids is 1. The number of ether oxygens (including phenoxy) is 2. The molecule has 8 nitrogen and oxygen atoms in total. The first kappa shape index (κ1) is 25.0. The molecule has 174 valence electrons. The molecule has 0 aliphatic carbocycles. The van der Waals surface area contributed by atoms with Gasteiger partial charge in [0.2, 0.25) is 5.91 Å². The zero-order valence-electron chi connectivity index (χ0n) is 17.3. The minimum atomic E-state index is -5.08. The lowest BCUT2D eigenvalue weighted by Gasteiger charge is -2.44.